The first-order chi connectivity index (χ1) is 22.8. The molecule has 0 bridgehead atoms. The molecule has 6 heterocycles. The number of aromatic amines is 1. The molecule has 2 atom stereocenters. The van der Waals surface area contributed by atoms with Crippen LogP contribution in [-0.2, 0) is 6.42 Å². The number of piperazine rings is 1. The number of benzene rings is 1. The number of aryl methyl sites for hydroxylation is 2. The molecule has 0 aliphatic carbocycles. The maximum absolute atomic E-state index is 14.6. The van der Waals surface area contributed by atoms with Crippen molar-refractivity contribution in [2.45, 2.75) is 79.8 Å². The average Bonchev–Trinajstić information content (AvgIpc) is 3.70. The quantitative estimate of drug-likeness (QED) is 0.240. The van der Waals surface area contributed by atoms with Gasteiger partial charge in [0.1, 0.15) is 17.0 Å². The van der Waals surface area contributed by atoms with Gasteiger partial charge in [0.25, 0.3) is 0 Å². The number of hydrogen-bond acceptors (Lipinski definition) is 8. The molecule has 5 aromatic rings. The molecule has 2 aliphatic heterocycles. The van der Waals surface area contributed by atoms with E-state index in [2.05, 4.69) is 35.9 Å². The summed E-state index contributed by atoms with van der Waals surface area (Å²) in [5.74, 6) is 1.13. The topological polar surface area (TPSA) is 142 Å². The van der Waals surface area contributed by atoms with Crippen LogP contribution in [0.3, 0.4) is 0 Å². The highest BCUT2D eigenvalue weighted by atomic mass is 16.5. The number of carbonyl (C=O) groups is 1. The number of fused-ring (bicyclic) bond motifs is 4. The fourth-order valence-corrected chi connectivity index (χ4v) is 7.92. The monoisotopic (exact) mass is 650 g/mol. The summed E-state index contributed by atoms with van der Waals surface area (Å²) in [5, 5.41) is 19.2. The Morgan fingerprint density at radius 2 is 1.88 bits per heavy atom. The number of nitrogens with zero attached hydrogens (tertiary/aromatic N) is 7. The van der Waals surface area contributed by atoms with Gasteiger partial charge in [-0.1, -0.05) is 40.7 Å². The Hall–Kier alpha value is -5.00. The van der Waals surface area contributed by atoms with Crippen LogP contribution in [0.4, 0.5) is 10.6 Å². The Morgan fingerprint density at radius 1 is 1.10 bits per heavy atom. The molecule has 250 valence electrons. The molecule has 12 nitrogen and oxygen atoms in total. The zero-order chi connectivity index (χ0) is 34.2. The lowest BCUT2D eigenvalue weighted by atomic mass is 9.80. The van der Waals surface area contributed by atoms with Gasteiger partial charge in [0, 0.05) is 48.3 Å². The highest BCUT2D eigenvalue weighted by molar-refractivity contribution is 6.02. The maximum Gasteiger partial charge on any atom is 0.407 e. The Morgan fingerprint density at radius 3 is 2.58 bits per heavy atom. The van der Waals surface area contributed by atoms with E-state index < -0.39 is 11.8 Å². The summed E-state index contributed by atoms with van der Waals surface area (Å²) in [6.07, 6.45) is 3.26. The molecule has 2 N–H and O–H groups in total. The molecule has 1 aromatic carbocycles. The summed E-state index contributed by atoms with van der Waals surface area (Å²) in [6.45, 7) is 17.4. The lowest BCUT2D eigenvalue weighted by molar-refractivity contribution is 0.0562. The van der Waals surface area contributed by atoms with E-state index in [0.717, 1.165) is 44.5 Å². The molecular weight excluding hydrogens is 608 g/mol. The minimum absolute atomic E-state index is 0.0188. The lowest BCUT2D eigenvalue weighted by Gasteiger charge is -2.51. The first-order valence-corrected chi connectivity index (χ1v) is 16.6. The van der Waals surface area contributed by atoms with Crippen LogP contribution in [0.1, 0.15) is 69.8 Å². The van der Waals surface area contributed by atoms with E-state index in [1.54, 1.807) is 10.8 Å². The highest BCUT2D eigenvalue weighted by Crippen LogP contribution is 2.46. The lowest BCUT2D eigenvalue weighted by Crippen LogP contribution is -2.64. The van der Waals surface area contributed by atoms with E-state index in [1.807, 2.05) is 59.0 Å². The van der Waals surface area contributed by atoms with Crippen LogP contribution in [0.15, 0.2) is 35.4 Å². The number of nitrogens with one attached hydrogen (secondary N) is 1. The van der Waals surface area contributed by atoms with Gasteiger partial charge < -0.3 is 19.6 Å². The average molecular weight is 651 g/mol. The molecule has 12 heteroatoms. The van der Waals surface area contributed by atoms with Crippen LogP contribution in [0.25, 0.3) is 38.9 Å². The Bertz CT molecular complexity index is 2160. The Kier molecular flexibility index (Phi) is 7.45. The minimum atomic E-state index is -0.956. The molecule has 0 radical (unpaired) electrons. The summed E-state index contributed by atoms with van der Waals surface area (Å²) in [7, 11) is 0. The fourth-order valence-electron chi connectivity index (χ4n) is 7.92. The van der Waals surface area contributed by atoms with Crippen molar-refractivity contribution in [2.24, 2.45) is 5.41 Å². The van der Waals surface area contributed by atoms with Gasteiger partial charge in [0.2, 0.25) is 0 Å². The second-order valence-electron chi connectivity index (χ2n) is 14.4. The molecule has 1 fully saturated rings. The SMILES string of the molecule is Cc1ccnc(C(C)C)c1-n1c(=O)nc(N2CCN(C(=O)O)C(C(C)(C)C)[C@@H]2C)c2c3c(c(-c4c(C)ccc5[nH]ncc45)nc21)CCO3. The summed E-state index contributed by atoms with van der Waals surface area (Å²) in [6, 6.07) is 5.29. The van der Waals surface area contributed by atoms with Gasteiger partial charge in [-0.25, -0.2) is 19.1 Å². The van der Waals surface area contributed by atoms with Gasteiger partial charge in [-0.2, -0.15) is 10.1 Å². The van der Waals surface area contributed by atoms with Gasteiger partial charge in [0.15, 0.2) is 5.65 Å². The summed E-state index contributed by atoms with van der Waals surface area (Å²) < 4.78 is 8.10. The van der Waals surface area contributed by atoms with Crippen molar-refractivity contribution in [2.75, 3.05) is 24.6 Å². The second-order valence-corrected chi connectivity index (χ2v) is 14.4. The number of pyridine rings is 2. The standard InChI is InChI=1S/C36H42N8O4/c1-18(2)27-29(20(4)11-13-37-27)44-33-26(32(40-34(44)45)42-14-15-43(35(46)47)31(21(42)5)36(6,7)8)30-22(12-16-48-30)28(39-33)25-19(3)9-10-24-23(25)17-38-41-24/h9-11,13,17-18,21,31H,12,14-16H2,1-8H3,(H,38,41)(H,46,47)/t21-,31?/m0/s1. The van der Waals surface area contributed by atoms with Crippen molar-refractivity contribution in [3.63, 3.8) is 0 Å². The molecule has 48 heavy (non-hydrogen) atoms. The smallest absolute Gasteiger partial charge is 0.407 e. The summed E-state index contributed by atoms with van der Waals surface area (Å²) >= 11 is 0. The predicted molar refractivity (Wildman–Crippen MR) is 186 cm³/mol. The van der Waals surface area contributed by atoms with Gasteiger partial charge >= 0.3 is 11.8 Å². The molecule has 0 spiro atoms. The number of anilines is 1. The molecular formula is C36H42N8O4. The van der Waals surface area contributed by atoms with Crippen LogP contribution in [-0.4, -0.2) is 77.6 Å². The van der Waals surface area contributed by atoms with Crippen LogP contribution in [0, 0.1) is 19.3 Å². The van der Waals surface area contributed by atoms with Crippen LogP contribution >= 0.6 is 0 Å². The number of H-pyrrole nitrogens is 1. The largest absolute Gasteiger partial charge is 0.492 e. The van der Waals surface area contributed by atoms with Crippen molar-refractivity contribution in [1.82, 2.24) is 34.6 Å². The van der Waals surface area contributed by atoms with Gasteiger partial charge in [-0.15, -0.1) is 0 Å². The number of ether oxygens (including phenoxy) is 1. The summed E-state index contributed by atoms with van der Waals surface area (Å²) in [4.78, 5) is 45.5. The third-order valence-corrected chi connectivity index (χ3v) is 9.92. The van der Waals surface area contributed by atoms with E-state index in [-0.39, 0.29) is 30.0 Å². The molecule has 1 amide bonds. The van der Waals surface area contributed by atoms with Crippen LogP contribution in [0.5, 0.6) is 5.75 Å². The molecule has 7 rings (SSSR count). The first kappa shape index (κ1) is 31.6. The molecule has 0 saturated carbocycles. The van der Waals surface area contributed by atoms with E-state index in [1.165, 1.54) is 4.90 Å². The van der Waals surface area contributed by atoms with Crippen molar-refractivity contribution < 1.29 is 14.6 Å². The maximum atomic E-state index is 14.6. The highest BCUT2D eigenvalue weighted by Gasteiger charge is 2.45. The third-order valence-electron chi connectivity index (χ3n) is 9.92. The molecule has 4 aromatic heterocycles. The Balaban J connectivity index is 1.60. The summed E-state index contributed by atoms with van der Waals surface area (Å²) in [5.41, 5.74) is 6.41. The predicted octanol–water partition coefficient (Wildman–Crippen LogP) is 6.00. The normalized spacial score (nSPS) is 18.2. The van der Waals surface area contributed by atoms with Crippen molar-refractivity contribution in [3.05, 3.63) is 63.5 Å². The minimum Gasteiger partial charge on any atom is -0.492 e. The van der Waals surface area contributed by atoms with Crippen molar-refractivity contribution in [3.8, 4) is 22.7 Å². The number of amides is 1. The van der Waals surface area contributed by atoms with E-state index >= 15 is 0 Å². The number of aromatic nitrogens is 6. The zero-order valence-corrected chi connectivity index (χ0v) is 28.7. The second kappa shape index (κ2) is 11.3. The molecule has 2 aliphatic rings. The molecule has 1 saturated heterocycles. The number of rotatable bonds is 4. The zero-order valence-electron chi connectivity index (χ0n) is 28.7. The van der Waals surface area contributed by atoms with Crippen molar-refractivity contribution >= 4 is 33.8 Å². The fraction of sp³-hybridized carbons (Fsp3) is 0.444. The van der Waals surface area contributed by atoms with Gasteiger partial charge in [-0.3, -0.25) is 10.1 Å². The van der Waals surface area contributed by atoms with E-state index in [0.29, 0.717) is 47.9 Å². The van der Waals surface area contributed by atoms with E-state index in [4.69, 9.17) is 19.7 Å². The third kappa shape index (κ3) is 4.79. The number of carboxylic acid groups (broad SMARTS) is 1. The van der Waals surface area contributed by atoms with Crippen molar-refractivity contribution in [1.29, 1.82) is 0 Å². The van der Waals surface area contributed by atoms with Crippen LogP contribution in [0.2, 0.25) is 0 Å². The molecule has 1 unspecified atom stereocenters. The Labute approximate surface area is 278 Å². The van der Waals surface area contributed by atoms with Crippen LogP contribution < -0.4 is 15.3 Å². The number of hydrogen-bond donors (Lipinski definition) is 2. The van der Waals surface area contributed by atoms with Gasteiger partial charge in [-0.05, 0) is 55.4 Å². The van der Waals surface area contributed by atoms with Gasteiger partial charge in [0.05, 0.1) is 41.4 Å². The first-order valence-electron chi connectivity index (χ1n) is 16.6. The van der Waals surface area contributed by atoms with E-state index in [9.17, 15) is 14.7 Å².